The van der Waals surface area contributed by atoms with E-state index in [4.69, 9.17) is 0 Å². The lowest BCUT2D eigenvalue weighted by molar-refractivity contribution is 0.103. The molecule has 0 spiro atoms. The summed E-state index contributed by atoms with van der Waals surface area (Å²) < 4.78 is 0. The van der Waals surface area contributed by atoms with Gasteiger partial charge in [-0.25, -0.2) is 0 Å². The maximum absolute atomic E-state index is 13.2. The van der Waals surface area contributed by atoms with Gasteiger partial charge in [0.15, 0.2) is 5.78 Å². The van der Waals surface area contributed by atoms with Crippen molar-refractivity contribution >= 4 is 5.78 Å². The van der Waals surface area contributed by atoms with Crippen LogP contribution in [0.15, 0.2) is 72.8 Å². The zero-order valence-corrected chi connectivity index (χ0v) is 18.8. The standard InChI is InChI=1S/C29H34O2/c1-3-5-7-13-22-18-23(21-26(30)12-4-2)20-25(19-22)27-16-10-11-17-28(27)29(31)24-14-8-6-9-15-24/h6,8-11,14-20,26,30H,3-5,7,12-13,21H2,1-2H3. The number of benzene rings is 3. The van der Waals surface area contributed by atoms with Crippen molar-refractivity contribution < 1.29 is 9.90 Å². The van der Waals surface area contributed by atoms with Crippen molar-refractivity contribution in [2.75, 3.05) is 0 Å². The number of rotatable bonds is 11. The van der Waals surface area contributed by atoms with Gasteiger partial charge in [0.05, 0.1) is 6.10 Å². The molecule has 3 aromatic rings. The van der Waals surface area contributed by atoms with E-state index < -0.39 is 0 Å². The summed E-state index contributed by atoms with van der Waals surface area (Å²) in [6.07, 6.45) is 6.67. The van der Waals surface area contributed by atoms with Gasteiger partial charge in [0.2, 0.25) is 0 Å². The molecule has 0 saturated heterocycles. The molecule has 3 aromatic carbocycles. The second kappa shape index (κ2) is 11.6. The van der Waals surface area contributed by atoms with Crippen LogP contribution >= 0.6 is 0 Å². The molecule has 1 atom stereocenters. The number of aryl methyl sites for hydroxylation is 1. The Morgan fingerprint density at radius 1 is 0.839 bits per heavy atom. The number of carbonyl (C=O) groups is 1. The fraction of sp³-hybridized carbons (Fsp3) is 0.345. The first-order valence-corrected chi connectivity index (χ1v) is 11.6. The molecule has 1 N–H and O–H groups in total. The lowest BCUT2D eigenvalue weighted by Gasteiger charge is -2.15. The van der Waals surface area contributed by atoms with Crippen LogP contribution in [0, 0.1) is 0 Å². The van der Waals surface area contributed by atoms with Gasteiger partial charge in [-0.15, -0.1) is 0 Å². The van der Waals surface area contributed by atoms with Crippen LogP contribution in [0.4, 0.5) is 0 Å². The number of aliphatic hydroxyl groups excluding tert-OH is 1. The first kappa shape index (κ1) is 23.0. The molecule has 0 heterocycles. The van der Waals surface area contributed by atoms with Crippen molar-refractivity contribution in [3.8, 4) is 11.1 Å². The smallest absolute Gasteiger partial charge is 0.193 e. The minimum absolute atomic E-state index is 0.0418. The quantitative estimate of drug-likeness (QED) is 0.270. The number of aliphatic hydroxyl groups is 1. The third-order valence-electron chi connectivity index (χ3n) is 5.73. The summed E-state index contributed by atoms with van der Waals surface area (Å²) in [7, 11) is 0. The van der Waals surface area contributed by atoms with Crippen molar-refractivity contribution in [3.05, 3.63) is 95.1 Å². The van der Waals surface area contributed by atoms with Crippen molar-refractivity contribution in [3.63, 3.8) is 0 Å². The first-order chi connectivity index (χ1) is 15.1. The molecule has 0 bridgehead atoms. The molecule has 0 saturated carbocycles. The Kier molecular flexibility index (Phi) is 8.61. The van der Waals surface area contributed by atoms with E-state index in [-0.39, 0.29) is 11.9 Å². The van der Waals surface area contributed by atoms with Gasteiger partial charge in [0.1, 0.15) is 0 Å². The highest BCUT2D eigenvalue weighted by atomic mass is 16.3. The Morgan fingerprint density at radius 3 is 2.29 bits per heavy atom. The van der Waals surface area contributed by atoms with Crippen molar-refractivity contribution in [1.82, 2.24) is 0 Å². The van der Waals surface area contributed by atoms with Gasteiger partial charge in [-0.2, -0.15) is 0 Å². The fourth-order valence-corrected chi connectivity index (χ4v) is 4.14. The molecule has 0 radical (unpaired) electrons. The van der Waals surface area contributed by atoms with Crippen LogP contribution in [0.2, 0.25) is 0 Å². The molecule has 3 rings (SSSR count). The average Bonchev–Trinajstić information content (AvgIpc) is 2.79. The molecule has 1 unspecified atom stereocenters. The van der Waals surface area contributed by atoms with Gasteiger partial charge < -0.3 is 5.11 Å². The maximum Gasteiger partial charge on any atom is 0.193 e. The molecule has 162 valence electrons. The lowest BCUT2D eigenvalue weighted by Crippen LogP contribution is -2.10. The maximum atomic E-state index is 13.2. The Balaban J connectivity index is 2.00. The number of ketones is 1. The highest BCUT2D eigenvalue weighted by Gasteiger charge is 2.16. The van der Waals surface area contributed by atoms with Crippen molar-refractivity contribution in [2.24, 2.45) is 0 Å². The van der Waals surface area contributed by atoms with Gasteiger partial charge in [-0.3, -0.25) is 4.79 Å². The summed E-state index contributed by atoms with van der Waals surface area (Å²) in [5.41, 5.74) is 5.87. The van der Waals surface area contributed by atoms with Crippen LogP contribution < -0.4 is 0 Å². The predicted molar refractivity (Wildman–Crippen MR) is 130 cm³/mol. The van der Waals surface area contributed by atoms with E-state index in [0.717, 1.165) is 47.9 Å². The van der Waals surface area contributed by atoms with Gasteiger partial charge in [0.25, 0.3) is 0 Å². The summed E-state index contributed by atoms with van der Waals surface area (Å²) in [6, 6.07) is 23.9. The lowest BCUT2D eigenvalue weighted by atomic mass is 9.90. The molecule has 0 aliphatic heterocycles. The molecular weight excluding hydrogens is 380 g/mol. The number of hydrogen-bond acceptors (Lipinski definition) is 2. The first-order valence-electron chi connectivity index (χ1n) is 11.6. The molecule has 0 fully saturated rings. The Hall–Kier alpha value is -2.71. The minimum atomic E-state index is -0.329. The van der Waals surface area contributed by atoms with Crippen LogP contribution in [0.5, 0.6) is 0 Å². The average molecular weight is 415 g/mol. The number of hydrogen-bond donors (Lipinski definition) is 1. The number of carbonyl (C=O) groups excluding carboxylic acids is 1. The topological polar surface area (TPSA) is 37.3 Å². The van der Waals surface area contributed by atoms with Gasteiger partial charge in [0, 0.05) is 11.1 Å². The third kappa shape index (κ3) is 6.38. The van der Waals surface area contributed by atoms with E-state index in [1.54, 1.807) is 0 Å². The summed E-state index contributed by atoms with van der Waals surface area (Å²) in [4.78, 5) is 13.2. The summed E-state index contributed by atoms with van der Waals surface area (Å²) >= 11 is 0. The van der Waals surface area contributed by atoms with E-state index in [2.05, 4.69) is 32.0 Å². The summed E-state index contributed by atoms with van der Waals surface area (Å²) in [5.74, 6) is 0.0418. The second-order valence-corrected chi connectivity index (χ2v) is 8.38. The fourth-order valence-electron chi connectivity index (χ4n) is 4.14. The van der Waals surface area contributed by atoms with Crippen LogP contribution in [0.25, 0.3) is 11.1 Å². The monoisotopic (exact) mass is 414 g/mol. The Labute approximate surface area is 187 Å². The molecule has 0 aliphatic rings. The normalized spacial score (nSPS) is 12.0. The van der Waals surface area contributed by atoms with Crippen molar-refractivity contribution in [2.45, 2.75) is 64.9 Å². The Morgan fingerprint density at radius 2 is 1.55 bits per heavy atom. The van der Waals surface area contributed by atoms with E-state index in [0.29, 0.717) is 12.0 Å². The SMILES string of the molecule is CCCCCc1cc(CC(O)CCC)cc(-c2ccccc2C(=O)c2ccccc2)c1. The van der Waals surface area contributed by atoms with Crippen LogP contribution in [-0.4, -0.2) is 17.0 Å². The van der Waals surface area contributed by atoms with Gasteiger partial charge in [-0.1, -0.05) is 106 Å². The minimum Gasteiger partial charge on any atom is -0.393 e. The zero-order chi connectivity index (χ0) is 22.1. The summed E-state index contributed by atoms with van der Waals surface area (Å²) in [5, 5.41) is 10.4. The van der Waals surface area contributed by atoms with Crippen molar-refractivity contribution in [1.29, 1.82) is 0 Å². The van der Waals surface area contributed by atoms with E-state index >= 15 is 0 Å². The molecular formula is C29H34O2. The summed E-state index contributed by atoms with van der Waals surface area (Å²) in [6.45, 7) is 4.32. The highest BCUT2D eigenvalue weighted by Crippen LogP contribution is 2.29. The van der Waals surface area contributed by atoms with E-state index in [1.165, 1.54) is 18.4 Å². The second-order valence-electron chi connectivity index (χ2n) is 8.38. The molecule has 0 aliphatic carbocycles. The molecule has 0 aromatic heterocycles. The zero-order valence-electron chi connectivity index (χ0n) is 18.8. The third-order valence-corrected chi connectivity index (χ3v) is 5.73. The number of unbranched alkanes of at least 4 members (excludes halogenated alkanes) is 2. The predicted octanol–water partition coefficient (Wildman–Crippen LogP) is 7.02. The molecule has 0 amide bonds. The van der Waals surface area contributed by atoms with E-state index in [1.807, 2.05) is 54.6 Å². The Bertz CT molecular complexity index is 975. The van der Waals surface area contributed by atoms with Crippen LogP contribution in [0.1, 0.15) is 73.0 Å². The molecule has 31 heavy (non-hydrogen) atoms. The van der Waals surface area contributed by atoms with Crippen LogP contribution in [-0.2, 0) is 12.8 Å². The van der Waals surface area contributed by atoms with E-state index in [9.17, 15) is 9.90 Å². The molecule has 2 nitrogen and oxygen atoms in total. The largest absolute Gasteiger partial charge is 0.393 e. The highest BCUT2D eigenvalue weighted by molar-refractivity contribution is 6.12. The van der Waals surface area contributed by atoms with Gasteiger partial charge >= 0.3 is 0 Å². The van der Waals surface area contributed by atoms with Crippen LogP contribution in [0.3, 0.4) is 0 Å². The molecule has 2 heteroatoms. The van der Waals surface area contributed by atoms with Gasteiger partial charge in [-0.05, 0) is 47.9 Å².